The van der Waals surface area contributed by atoms with Crippen LogP contribution < -0.4 is 4.74 Å². The van der Waals surface area contributed by atoms with Crippen LogP contribution in [0.25, 0.3) is 11.0 Å². The quantitative estimate of drug-likeness (QED) is 0.735. The lowest BCUT2D eigenvalue weighted by molar-refractivity contribution is 0.210. The number of para-hydroxylation sites is 1. The maximum atomic E-state index is 5.99. The highest BCUT2D eigenvalue weighted by atomic mass is 32.1. The fourth-order valence-corrected chi connectivity index (χ4v) is 3.03. The van der Waals surface area contributed by atoms with Crippen molar-refractivity contribution in [1.82, 2.24) is 14.5 Å². The van der Waals surface area contributed by atoms with Gasteiger partial charge in [0.2, 0.25) is 0 Å². The van der Waals surface area contributed by atoms with Gasteiger partial charge in [-0.15, -0.1) is 0 Å². The van der Waals surface area contributed by atoms with Gasteiger partial charge in [0.25, 0.3) is 0 Å². The molecule has 0 radical (unpaired) electrons. The normalized spacial score (nSPS) is 17.1. The molecule has 0 bridgehead atoms. The lowest BCUT2D eigenvalue weighted by Crippen LogP contribution is -2.20. The third-order valence-electron chi connectivity index (χ3n) is 3.68. The Morgan fingerprint density at radius 1 is 1.35 bits per heavy atom. The predicted octanol–water partition coefficient (Wildman–Crippen LogP) is 3.10. The first-order valence-electron chi connectivity index (χ1n) is 6.58. The maximum Gasteiger partial charge on any atom is 0.178 e. The number of hydrogen-bond acceptors (Lipinski definition) is 3. The van der Waals surface area contributed by atoms with E-state index in [9.17, 15) is 0 Å². The van der Waals surface area contributed by atoms with Crippen molar-refractivity contribution in [3.8, 4) is 5.75 Å². The van der Waals surface area contributed by atoms with E-state index >= 15 is 0 Å². The molecule has 100 valence electrons. The molecule has 0 amide bonds. The molecule has 0 aliphatic carbocycles. The van der Waals surface area contributed by atoms with Crippen molar-refractivity contribution in [2.75, 3.05) is 0 Å². The molecular formula is C15H13N3OS. The first-order valence-corrected chi connectivity index (χ1v) is 6.99. The molecule has 1 unspecified atom stereocenters. The molecule has 4 nitrogen and oxygen atoms in total. The number of imidazole rings is 1. The minimum Gasteiger partial charge on any atom is -0.488 e. The molecule has 3 aromatic rings. The molecule has 2 aromatic heterocycles. The summed E-state index contributed by atoms with van der Waals surface area (Å²) in [7, 11) is 0. The highest BCUT2D eigenvalue weighted by molar-refractivity contribution is 7.71. The van der Waals surface area contributed by atoms with Gasteiger partial charge in [-0.1, -0.05) is 18.2 Å². The number of H-pyrrole nitrogens is 1. The van der Waals surface area contributed by atoms with E-state index in [2.05, 4.69) is 20.6 Å². The molecule has 0 saturated heterocycles. The van der Waals surface area contributed by atoms with Gasteiger partial charge in [-0.3, -0.25) is 4.98 Å². The molecule has 0 saturated carbocycles. The van der Waals surface area contributed by atoms with Crippen LogP contribution in [0.1, 0.15) is 5.56 Å². The van der Waals surface area contributed by atoms with E-state index in [0.29, 0.717) is 4.77 Å². The van der Waals surface area contributed by atoms with Gasteiger partial charge < -0.3 is 14.3 Å². The van der Waals surface area contributed by atoms with E-state index in [1.54, 1.807) is 12.4 Å². The minimum atomic E-state index is 0.131. The SMILES string of the molecule is S=c1[nH]c2cnccc2n1CC1Cc2ccccc2O1. The van der Waals surface area contributed by atoms with Crippen LogP contribution in [0.3, 0.4) is 0 Å². The Balaban J connectivity index is 1.67. The lowest BCUT2D eigenvalue weighted by Gasteiger charge is -2.12. The third kappa shape index (κ3) is 1.82. The maximum absolute atomic E-state index is 5.99. The summed E-state index contributed by atoms with van der Waals surface area (Å²) in [5.74, 6) is 0.991. The van der Waals surface area contributed by atoms with Gasteiger partial charge >= 0.3 is 0 Å². The van der Waals surface area contributed by atoms with Crippen LogP contribution in [-0.4, -0.2) is 20.6 Å². The Kier molecular flexibility index (Phi) is 2.60. The van der Waals surface area contributed by atoms with Crippen LogP contribution in [0.5, 0.6) is 5.75 Å². The zero-order valence-corrected chi connectivity index (χ0v) is 11.6. The summed E-state index contributed by atoms with van der Waals surface area (Å²) in [4.78, 5) is 7.29. The first-order chi connectivity index (χ1) is 9.81. The second-order valence-corrected chi connectivity index (χ2v) is 5.37. The second-order valence-electron chi connectivity index (χ2n) is 4.99. The van der Waals surface area contributed by atoms with Crippen molar-refractivity contribution in [1.29, 1.82) is 0 Å². The number of nitrogens with zero attached hydrogens (tertiary/aromatic N) is 2. The summed E-state index contributed by atoms with van der Waals surface area (Å²) in [6.07, 6.45) is 4.64. The summed E-state index contributed by atoms with van der Waals surface area (Å²) >= 11 is 5.40. The van der Waals surface area contributed by atoms with Crippen molar-refractivity contribution < 1.29 is 4.74 Å². The van der Waals surface area contributed by atoms with Gasteiger partial charge in [0.05, 0.1) is 23.8 Å². The number of hydrogen-bond donors (Lipinski definition) is 1. The van der Waals surface area contributed by atoms with Crippen LogP contribution in [0.15, 0.2) is 42.7 Å². The number of ether oxygens (including phenoxy) is 1. The van der Waals surface area contributed by atoms with Crippen LogP contribution in [0.2, 0.25) is 0 Å². The average Bonchev–Trinajstić information content (AvgIpc) is 3.00. The number of nitrogens with one attached hydrogen (secondary N) is 1. The number of fused-ring (bicyclic) bond motifs is 2. The largest absolute Gasteiger partial charge is 0.488 e. The Morgan fingerprint density at radius 3 is 3.15 bits per heavy atom. The molecule has 20 heavy (non-hydrogen) atoms. The van der Waals surface area contributed by atoms with Crippen LogP contribution >= 0.6 is 12.2 Å². The number of aromatic nitrogens is 3. The first kappa shape index (κ1) is 11.7. The van der Waals surface area contributed by atoms with Gasteiger partial charge in [0.1, 0.15) is 11.9 Å². The standard InChI is InChI=1S/C15H13N3OS/c20-15-17-12-8-16-6-5-13(12)18(15)9-11-7-10-3-1-2-4-14(10)19-11/h1-6,8,11H,7,9H2,(H,17,20). The highest BCUT2D eigenvalue weighted by Gasteiger charge is 2.23. The van der Waals surface area contributed by atoms with E-state index in [1.165, 1.54) is 5.56 Å². The fourth-order valence-electron chi connectivity index (χ4n) is 2.75. The van der Waals surface area contributed by atoms with Gasteiger partial charge in [-0.05, 0) is 29.9 Å². The number of benzene rings is 1. The van der Waals surface area contributed by atoms with Gasteiger partial charge in [-0.25, -0.2) is 0 Å². The Morgan fingerprint density at radius 2 is 2.25 bits per heavy atom. The summed E-state index contributed by atoms with van der Waals surface area (Å²) in [5, 5.41) is 0. The zero-order valence-electron chi connectivity index (χ0n) is 10.7. The summed E-state index contributed by atoms with van der Waals surface area (Å²) in [5.41, 5.74) is 3.31. The topological polar surface area (TPSA) is 42.8 Å². The van der Waals surface area contributed by atoms with Crippen molar-refractivity contribution in [2.24, 2.45) is 0 Å². The molecule has 5 heteroatoms. The molecule has 1 atom stereocenters. The lowest BCUT2D eigenvalue weighted by atomic mass is 10.1. The molecule has 3 heterocycles. The molecule has 4 rings (SSSR count). The van der Waals surface area contributed by atoms with Crippen molar-refractivity contribution in [3.63, 3.8) is 0 Å². The van der Waals surface area contributed by atoms with E-state index in [4.69, 9.17) is 17.0 Å². The molecule has 1 N–H and O–H groups in total. The van der Waals surface area contributed by atoms with Crippen LogP contribution in [0.4, 0.5) is 0 Å². The van der Waals surface area contributed by atoms with Crippen LogP contribution in [-0.2, 0) is 13.0 Å². The fraction of sp³-hybridized carbons (Fsp3) is 0.200. The van der Waals surface area contributed by atoms with Gasteiger partial charge in [0.15, 0.2) is 4.77 Å². The summed E-state index contributed by atoms with van der Waals surface area (Å²) in [6.45, 7) is 0.748. The van der Waals surface area contributed by atoms with Crippen LogP contribution in [0, 0.1) is 4.77 Å². The molecule has 1 aliphatic rings. The predicted molar refractivity (Wildman–Crippen MR) is 79.5 cm³/mol. The number of rotatable bonds is 2. The number of pyridine rings is 1. The van der Waals surface area contributed by atoms with E-state index < -0.39 is 0 Å². The summed E-state index contributed by atoms with van der Waals surface area (Å²) < 4.78 is 8.79. The monoisotopic (exact) mass is 283 g/mol. The Bertz CT molecular complexity index is 811. The van der Waals surface area contributed by atoms with Gasteiger partial charge in [0, 0.05) is 12.6 Å². The third-order valence-corrected chi connectivity index (χ3v) is 4.00. The minimum absolute atomic E-state index is 0.131. The zero-order chi connectivity index (χ0) is 13.5. The molecule has 1 aliphatic heterocycles. The van der Waals surface area contributed by atoms with E-state index in [1.807, 2.05) is 24.3 Å². The average molecular weight is 283 g/mol. The molecule has 0 fully saturated rings. The van der Waals surface area contributed by atoms with Gasteiger partial charge in [-0.2, -0.15) is 0 Å². The van der Waals surface area contributed by atoms with Crippen molar-refractivity contribution in [3.05, 3.63) is 53.1 Å². The van der Waals surface area contributed by atoms with E-state index in [0.717, 1.165) is 29.7 Å². The Hall–Kier alpha value is -2.14. The molecule has 1 aromatic carbocycles. The Labute approximate surface area is 121 Å². The highest BCUT2D eigenvalue weighted by Crippen LogP contribution is 2.29. The summed E-state index contributed by atoms with van der Waals surface area (Å²) in [6, 6.07) is 10.2. The molecular weight excluding hydrogens is 270 g/mol. The second kappa shape index (κ2) is 4.45. The van der Waals surface area contributed by atoms with Crippen molar-refractivity contribution in [2.45, 2.75) is 19.1 Å². The van der Waals surface area contributed by atoms with E-state index in [-0.39, 0.29) is 6.10 Å². The molecule has 0 spiro atoms. The smallest absolute Gasteiger partial charge is 0.178 e. The number of aromatic amines is 1. The van der Waals surface area contributed by atoms with Crippen molar-refractivity contribution >= 4 is 23.3 Å².